The lowest BCUT2D eigenvalue weighted by Gasteiger charge is -2.09. The average molecular weight is 230 g/mol. The van der Waals surface area contributed by atoms with Crippen molar-refractivity contribution in [2.45, 2.75) is 0 Å². The molecule has 1 heterocycles. The smallest absolute Gasteiger partial charge is 0.354 e. The average Bonchev–Trinajstić information content (AvgIpc) is 2.10. The molecule has 7 heteroatoms. The highest BCUT2D eigenvalue weighted by Crippen LogP contribution is 2.14. The Morgan fingerprint density at radius 1 is 1.60 bits per heavy atom. The van der Waals surface area contributed by atoms with Crippen molar-refractivity contribution in [1.29, 1.82) is 5.41 Å². The number of pyridine rings is 1. The van der Waals surface area contributed by atoms with Crippen LogP contribution in [0.25, 0.3) is 0 Å². The summed E-state index contributed by atoms with van der Waals surface area (Å²) in [6, 6.07) is 1.08. The minimum Gasteiger partial charge on any atom is -0.477 e. The summed E-state index contributed by atoms with van der Waals surface area (Å²) in [5.74, 6) is -2.10. The first-order chi connectivity index (χ1) is 6.86. The number of amides is 1. The number of carbonyl (C=O) groups excluding carboxylic acids is 1. The summed E-state index contributed by atoms with van der Waals surface area (Å²) in [5, 5.41) is 16.2. The van der Waals surface area contributed by atoms with E-state index >= 15 is 0 Å². The number of carboxylic acids is 1. The van der Waals surface area contributed by atoms with Gasteiger partial charge in [0.05, 0.1) is 10.6 Å². The number of carboxylic acid groups (broad SMARTS) is 1. The summed E-state index contributed by atoms with van der Waals surface area (Å²) in [6.45, 7) is 0. The molecular formula is C8H8ClN3O3. The van der Waals surface area contributed by atoms with Crippen LogP contribution in [0.5, 0.6) is 0 Å². The van der Waals surface area contributed by atoms with E-state index in [-0.39, 0.29) is 21.8 Å². The Balaban J connectivity index is 3.66. The highest BCUT2D eigenvalue weighted by Gasteiger charge is 2.17. The number of carbonyl (C=O) groups is 2. The SMILES string of the molecule is Cn1c(C(=O)O)c(Cl)cc(C(N)=O)c1=N. The van der Waals surface area contributed by atoms with E-state index in [2.05, 4.69) is 0 Å². The second-order valence-corrected chi connectivity index (χ2v) is 3.24. The quantitative estimate of drug-likeness (QED) is 0.662. The van der Waals surface area contributed by atoms with Crippen molar-refractivity contribution in [1.82, 2.24) is 4.57 Å². The second-order valence-electron chi connectivity index (χ2n) is 2.83. The number of rotatable bonds is 2. The number of halogens is 1. The van der Waals surface area contributed by atoms with Gasteiger partial charge in [-0.2, -0.15) is 0 Å². The first-order valence-corrected chi connectivity index (χ1v) is 4.21. The summed E-state index contributed by atoms with van der Waals surface area (Å²) in [4.78, 5) is 21.7. The van der Waals surface area contributed by atoms with Crippen molar-refractivity contribution < 1.29 is 14.7 Å². The van der Waals surface area contributed by atoms with E-state index in [1.54, 1.807) is 0 Å². The molecule has 0 aromatic carbocycles. The molecule has 1 amide bonds. The predicted molar refractivity (Wildman–Crippen MR) is 51.8 cm³/mol. The fourth-order valence-electron chi connectivity index (χ4n) is 1.15. The molecule has 1 aromatic heterocycles. The molecule has 0 atom stereocenters. The molecule has 0 spiro atoms. The van der Waals surface area contributed by atoms with Crippen molar-refractivity contribution >= 4 is 23.5 Å². The monoisotopic (exact) mass is 229 g/mol. The number of hydrogen-bond acceptors (Lipinski definition) is 3. The minimum absolute atomic E-state index is 0.118. The summed E-state index contributed by atoms with van der Waals surface area (Å²) in [6.07, 6.45) is 0. The largest absolute Gasteiger partial charge is 0.477 e. The van der Waals surface area contributed by atoms with Gasteiger partial charge in [0.1, 0.15) is 11.2 Å². The van der Waals surface area contributed by atoms with Crippen LogP contribution in [0.4, 0.5) is 0 Å². The number of primary amides is 1. The van der Waals surface area contributed by atoms with Crippen molar-refractivity contribution in [3.63, 3.8) is 0 Å². The van der Waals surface area contributed by atoms with Crippen molar-refractivity contribution in [2.24, 2.45) is 12.8 Å². The highest BCUT2D eigenvalue weighted by atomic mass is 35.5. The Bertz CT molecular complexity index is 507. The number of nitrogens with two attached hydrogens (primary N) is 1. The van der Waals surface area contributed by atoms with Crippen LogP contribution in [-0.4, -0.2) is 21.6 Å². The van der Waals surface area contributed by atoms with Crippen molar-refractivity contribution in [3.05, 3.63) is 27.8 Å². The molecule has 80 valence electrons. The lowest BCUT2D eigenvalue weighted by molar-refractivity contribution is 0.0684. The third-order valence-electron chi connectivity index (χ3n) is 1.89. The summed E-state index contributed by atoms with van der Waals surface area (Å²) >= 11 is 5.65. The summed E-state index contributed by atoms with van der Waals surface area (Å²) in [5.41, 5.74) is 4.34. The van der Waals surface area contributed by atoms with Crippen molar-refractivity contribution in [2.75, 3.05) is 0 Å². The van der Waals surface area contributed by atoms with Crippen LogP contribution in [0.3, 0.4) is 0 Å². The van der Waals surface area contributed by atoms with Gasteiger partial charge in [0.2, 0.25) is 0 Å². The third-order valence-corrected chi connectivity index (χ3v) is 2.18. The summed E-state index contributed by atoms with van der Waals surface area (Å²) < 4.78 is 0.991. The van der Waals surface area contributed by atoms with Gasteiger partial charge in [-0.05, 0) is 6.07 Å². The van der Waals surface area contributed by atoms with Crippen LogP contribution in [-0.2, 0) is 7.05 Å². The molecule has 0 saturated carbocycles. The Morgan fingerprint density at radius 2 is 2.13 bits per heavy atom. The van der Waals surface area contributed by atoms with Crippen LogP contribution in [0.15, 0.2) is 6.07 Å². The molecule has 0 radical (unpaired) electrons. The third kappa shape index (κ3) is 1.84. The van der Waals surface area contributed by atoms with Crippen LogP contribution < -0.4 is 11.2 Å². The molecule has 15 heavy (non-hydrogen) atoms. The number of nitrogens with zero attached hydrogens (tertiary/aromatic N) is 1. The van der Waals surface area contributed by atoms with E-state index in [1.807, 2.05) is 0 Å². The molecule has 0 unspecified atom stereocenters. The van der Waals surface area contributed by atoms with Crippen LogP contribution in [0, 0.1) is 5.41 Å². The van der Waals surface area contributed by atoms with Gasteiger partial charge in [0.15, 0.2) is 0 Å². The van der Waals surface area contributed by atoms with E-state index < -0.39 is 11.9 Å². The van der Waals surface area contributed by atoms with Gasteiger partial charge in [-0.25, -0.2) is 4.79 Å². The maximum atomic E-state index is 10.9. The van der Waals surface area contributed by atoms with Gasteiger partial charge in [-0.3, -0.25) is 10.2 Å². The molecule has 0 saturated heterocycles. The standard InChI is InChI=1S/C8H8ClN3O3/c1-12-5(8(14)15)4(9)2-3(6(12)10)7(11)13/h2,10H,1H3,(H2,11,13)(H,14,15). The molecule has 1 aromatic rings. The first kappa shape index (κ1) is 11.3. The number of hydrogen-bond donors (Lipinski definition) is 3. The Hall–Kier alpha value is -1.82. The van der Waals surface area contributed by atoms with Crippen LogP contribution in [0.2, 0.25) is 5.02 Å². The molecule has 4 N–H and O–H groups in total. The molecule has 0 aliphatic rings. The van der Waals surface area contributed by atoms with E-state index in [9.17, 15) is 9.59 Å². The fourth-order valence-corrected chi connectivity index (χ4v) is 1.47. The molecule has 1 rings (SSSR count). The van der Waals surface area contributed by atoms with Crippen LogP contribution >= 0.6 is 11.6 Å². The zero-order valence-corrected chi connectivity index (χ0v) is 8.50. The van der Waals surface area contributed by atoms with Gasteiger partial charge < -0.3 is 15.4 Å². The number of nitrogens with one attached hydrogen (secondary N) is 1. The van der Waals surface area contributed by atoms with E-state index in [0.29, 0.717) is 0 Å². The first-order valence-electron chi connectivity index (χ1n) is 3.83. The Labute approximate surface area is 89.4 Å². The van der Waals surface area contributed by atoms with Gasteiger partial charge in [0, 0.05) is 7.05 Å². The van der Waals surface area contributed by atoms with Crippen LogP contribution in [0.1, 0.15) is 20.8 Å². The molecular weight excluding hydrogens is 222 g/mol. The van der Waals surface area contributed by atoms with Gasteiger partial charge in [-0.1, -0.05) is 11.6 Å². The van der Waals surface area contributed by atoms with Gasteiger partial charge in [0.25, 0.3) is 5.91 Å². The Kier molecular flexibility index (Phi) is 2.81. The molecule has 0 bridgehead atoms. The molecule has 0 fully saturated rings. The zero-order valence-electron chi connectivity index (χ0n) is 7.74. The van der Waals surface area contributed by atoms with E-state index in [1.165, 1.54) is 7.05 Å². The Morgan fingerprint density at radius 3 is 2.53 bits per heavy atom. The maximum Gasteiger partial charge on any atom is 0.354 e. The fraction of sp³-hybridized carbons (Fsp3) is 0.125. The summed E-state index contributed by atoms with van der Waals surface area (Å²) in [7, 11) is 1.32. The molecule has 6 nitrogen and oxygen atoms in total. The number of aromatic carboxylic acids is 1. The topological polar surface area (TPSA) is 109 Å². The van der Waals surface area contributed by atoms with Gasteiger partial charge in [-0.15, -0.1) is 0 Å². The number of aromatic nitrogens is 1. The second kappa shape index (κ2) is 3.74. The van der Waals surface area contributed by atoms with Crippen molar-refractivity contribution in [3.8, 4) is 0 Å². The molecule has 0 aliphatic heterocycles. The molecule has 0 aliphatic carbocycles. The normalized spacial score (nSPS) is 10.0. The highest BCUT2D eigenvalue weighted by molar-refractivity contribution is 6.33. The van der Waals surface area contributed by atoms with Gasteiger partial charge >= 0.3 is 5.97 Å². The predicted octanol–water partition coefficient (Wildman–Crippen LogP) is -0.0449. The van der Waals surface area contributed by atoms with E-state index in [0.717, 1.165) is 10.6 Å². The minimum atomic E-state index is -1.27. The lowest BCUT2D eigenvalue weighted by atomic mass is 10.2. The van der Waals surface area contributed by atoms with E-state index in [4.69, 9.17) is 27.9 Å². The lowest BCUT2D eigenvalue weighted by Crippen LogP contribution is -2.31. The maximum absolute atomic E-state index is 10.9. The zero-order chi connectivity index (χ0) is 11.7.